The summed E-state index contributed by atoms with van der Waals surface area (Å²) in [5.41, 5.74) is 5.33. The summed E-state index contributed by atoms with van der Waals surface area (Å²) in [6, 6.07) is 1.76. The van der Waals surface area contributed by atoms with Gasteiger partial charge in [-0.05, 0) is 103 Å². The van der Waals surface area contributed by atoms with E-state index in [-0.39, 0.29) is 5.60 Å². The zero-order valence-electron chi connectivity index (χ0n) is 20.4. The van der Waals surface area contributed by atoms with Gasteiger partial charge >= 0.3 is 5.97 Å². The van der Waals surface area contributed by atoms with Gasteiger partial charge in [0, 0.05) is 11.1 Å². The van der Waals surface area contributed by atoms with E-state index in [0.717, 1.165) is 54.5 Å². The summed E-state index contributed by atoms with van der Waals surface area (Å²) in [5, 5.41) is 19.5. The van der Waals surface area contributed by atoms with Gasteiger partial charge in [-0.25, -0.2) is 4.79 Å². The van der Waals surface area contributed by atoms with Crippen LogP contribution >= 0.6 is 0 Å². The fourth-order valence-corrected chi connectivity index (χ4v) is 3.82. The molecule has 4 nitrogen and oxygen atoms in total. The Balaban J connectivity index is 1.91. The van der Waals surface area contributed by atoms with E-state index < -0.39 is 5.97 Å². The Morgan fingerprint density at radius 2 is 1.72 bits per heavy atom. The van der Waals surface area contributed by atoms with Gasteiger partial charge in [0.1, 0.15) is 17.1 Å². The number of phenolic OH excluding ortho intramolecular Hbond substituents is 1. The lowest BCUT2D eigenvalue weighted by Crippen LogP contribution is -2.32. The van der Waals surface area contributed by atoms with E-state index in [2.05, 4.69) is 32.1 Å². The molecule has 1 aliphatic heterocycles. The molecule has 1 heterocycles. The standard InChI is InChI=1S/C28H38O4/c1-19(2)10-7-13-23(27(30)31)14-8-11-20(3)12-9-16-28(6)17-15-24-18-25(29)21(4)22(5)26(24)32-28/h10,12,14-15,17-18,29H,7-9,11,13,16H2,1-6H3,(H,30,31). The molecule has 4 heteroatoms. The summed E-state index contributed by atoms with van der Waals surface area (Å²) in [7, 11) is 0. The summed E-state index contributed by atoms with van der Waals surface area (Å²) in [4.78, 5) is 11.4. The number of phenols is 1. The number of ether oxygens (including phenoxy) is 1. The zero-order valence-corrected chi connectivity index (χ0v) is 20.4. The predicted octanol–water partition coefficient (Wildman–Crippen LogP) is 7.44. The average Bonchev–Trinajstić information content (AvgIpc) is 2.71. The summed E-state index contributed by atoms with van der Waals surface area (Å²) in [6.07, 6.45) is 14.9. The first-order chi connectivity index (χ1) is 15.0. The summed E-state index contributed by atoms with van der Waals surface area (Å²) in [6.45, 7) is 12.1. The van der Waals surface area contributed by atoms with Crippen molar-refractivity contribution in [1.29, 1.82) is 0 Å². The van der Waals surface area contributed by atoms with Crippen LogP contribution in [0.15, 0.2) is 47.1 Å². The first-order valence-electron chi connectivity index (χ1n) is 11.4. The van der Waals surface area contributed by atoms with E-state index >= 15 is 0 Å². The molecular formula is C28H38O4. The molecule has 1 aromatic carbocycles. The van der Waals surface area contributed by atoms with Crippen molar-refractivity contribution in [2.24, 2.45) is 0 Å². The SMILES string of the molecule is CC(C)=CCCC(=CCCC(C)=CCCC1(C)C=Cc2cc(O)c(C)c(C)c2O1)C(=O)O. The third kappa shape index (κ3) is 7.15. The fraction of sp³-hybridized carbons (Fsp3) is 0.464. The number of rotatable bonds is 10. The van der Waals surface area contributed by atoms with Gasteiger partial charge in [0.05, 0.1) is 0 Å². The number of carboxylic acids is 1. The van der Waals surface area contributed by atoms with Gasteiger partial charge in [0.25, 0.3) is 0 Å². The minimum atomic E-state index is -0.818. The first kappa shape index (κ1) is 25.5. The number of allylic oxidation sites excluding steroid dienone is 5. The maximum Gasteiger partial charge on any atom is 0.331 e. The van der Waals surface area contributed by atoms with Crippen LogP contribution in [0.1, 0.15) is 82.9 Å². The molecule has 174 valence electrons. The molecule has 0 fully saturated rings. The van der Waals surface area contributed by atoms with Crippen LogP contribution in [-0.2, 0) is 4.79 Å². The molecular weight excluding hydrogens is 400 g/mol. The van der Waals surface area contributed by atoms with E-state index in [0.29, 0.717) is 17.7 Å². The summed E-state index contributed by atoms with van der Waals surface area (Å²) in [5.74, 6) is 0.334. The topological polar surface area (TPSA) is 66.8 Å². The number of carbonyl (C=O) groups is 1. The van der Waals surface area contributed by atoms with Crippen molar-refractivity contribution < 1.29 is 19.7 Å². The Kier molecular flexibility index (Phi) is 8.94. The Bertz CT molecular complexity index is 958. The molecule has 0 amide bonds. The second-order valence-corrected chi connectivity index (χ2v) is 9.29. The van der Waals surface area contributed by atoms with Gasteiger partial charge < -0.3 is 14.9 Å². The van der Waals surface area contributed by atoms with Gasteiger partial charge in [-0.2, -0.15) is 0 Å². The molecule has 2 N–H and O–H groups in total. The van der Waals surface area contributed by atoms with Crippen molar-refractivity contribution in [1.82, 2.24) is 0 Å². The molecule has 0 saturated carbocycles. The number of aliphatic carboxylic acids is 1. The van der Waals surface area contributed by atoms with Crippen LogP contribution < -0.4 is 4.74 Å². The minimum Gasteiger partial charge on any atom is -0.508 e. The van der Waals surface area contributed by atoms with Crippen LogP contribution in [0.3, 0.4) is 0 Å². The van der Waals surface area contributed by atoms with Gasteiger partial charge in [-0.15, -0.1) is 0 Å². The quantitative estimate of drug-likeness (QED) is 0.294. The van der Waals surface area contributed by atoms with Crippen LogP contribution in [0.4, 0.5) is 0 Å². The number of hydrogen-bond donors (Lipinski definition) is 2. The van der Waals surface area contributed by atoms with Crippen molar-refractivity contribution in [3.05, 3.63) is 63.8 Å². The lowest BCUT2D eigenvalue weighted by Gasteiger charge is -2.33. The van der Waals surface area contributed by atoms with E-state index in [1.807, 2.05) is 39.8 Å². The highest BCUT2D eigenvalue weighted by Gasteiger charge is 2.28. The number of hydrogen-bond acceptors (Lipinski definition) is 3. The maximum absolute atomic E-state index is 11.4. The van der Waals surface area contributed by atoms with Gasteiger partial charge in [-0.1, -0.05) is 35.5 Å². The Morgan fingerprint density at radius 1 is 1.03 bits per heavy atom. The zero-order chi connectivity index (χ0) is 23.9. The molecule has 0 radical (unpaired) electrons. The normalized spacial score (nSPS) is 18.2. The molecule has 0 aliphatic carbocycles. The van der Waals surface area contributed by atoms with E-state index in [9.17, 15) is 15.0 Å². The predicted molar refractivity (Wildman–Crippen MR) is 132 cm³/mol. The third-order valence-corrected chi connectivity index (χ3v) is 6.10. The summed E-state index contributed by atoms with van der Waals surface area (Å²) < 4.78 is 6.35. The van der Waals surface area contributed by atoms with Crippen LogP contribution in [0.2, 0.25) is 0 Å². The summed E-state index contributed by atoms with van der Waals surface area (Å²) >= 11 is 0. The number of carboxylic acid groups (broad SMARTS) is 1. The van der Waals surface area contributed by atoms with Crippen molar-refractivity contribution in [3.63, 3.8) is 0 Å². The second kappa shape index (κ2) is 11.2. The van der Waals surface area contributed by atoms with Gasteiger partial charge in [-0.3, -0.25) is 0 Å². The molecule has 0 saturated heterocycles. The lowest BCUT2D eigenvalue weighted by atomic mass is 9.92. The van der Waals surface area contributed by atoms with E-state index in [1.54, 1.807) is 6.07 Å². The minimum absolute atomic E-state index is 0.300. The Hall–Kier alpha value is -2.75. The smallest absolute Gasteiger partial charge is 0.331 e. The maximum atomic E-state index is 11.4. The fourth-order valence-electron chi connectivity index (χ4n) is 3.82. The highest BCUT2D eigenvalue weighted by atomic mass is 16.5. The molecule has 1 unspecified atom stereocenters. The number of fused-ring (bicyclic) bond motifs is 1. The molecule has 2 rings (SSSR count). The molecule has 1 aliphatic rings. The second-order valence-electron chi connectivity index (χ2n) is 9.29. The van der Waals surface area contributed by atoms with Crippen LogP contribution in [0.25, 0.3) is 6.08 Å². The molecule has 32 heavy (non-hydrogen) atoms. The van der Waals surface area contributed by atoms with Crippen molar-refractivity contribution in [2.45, 2.75) is 85.7 Å². The third-order valence-electron chi connectivity index (χ3n) is 6.10. The largest absolute Gasteiger partial charge is 0.508 e. The average molecular weight is 439 g/mol. The highest BCUT2D eigenvalue weighted by Crippen LogP contribution is 2.40. The van der Waals surface area contributed by atoms with Crippen LogP contribution in [0.5, 0.6) is 11.5 Å². The highest BCUT2D eigenvalue weighted by molar-refractivity contribution is 5.86. The Morgan fingerprint density at radius 3 is 2.38 bits per heavy atom. The van der Waals surface area contributed by atoms with Crippen molar-refractivity contribution >= 4 is 12.0 Å². The van der Waals surface area contributed by atoms with E-state index in [4.69, 9.17) is 4.74 Å². The monoisotopic (exact) mass is 438 g/mol. The Labute approximate surface area is 193 Å². The van der Waals surface area contributed by atoms with Crippen molar-refractivity contribution in [2.75, 3.05) is 0 Å². The molecule has 1 aromatic rings. The number of benzene rings is 1. The lowest BCUT2D eigenvalue weighted by molar-refractivity contribution is -0.132. The molecule has 0 bridgehead atoms. The first-order valence-corrected chi connectivity index (χ1v) is 11.4. The van der Waals surface area contributed by atoms with Gasteiger partial charge in [0.15, 0.2) is 0 Å². The van der Waals surface area contributed by atoms with E-state index in [1.165, 1.54) is 11.1 Å². The molecule has 0 aromatic heterocycles. The molecule has 1 atom stereocenters. The van der Waals surface area contributed by atoms with Crippen LogP contribution in [0, 0.1) is 13.8 Å². The van der Waals surface area contributed by atoms with Gasteiger partial charge in [0.2, 0.25) is 0 Å². The van der Waals surface area contributed by atoms with Crippen LogP contribution in [-0.4, -0.2) is 21.8 Å². The molecule has 0 spiro atoms. The number of aromatic hydroxyl groups is 1. The van der Waals surface area contributed by atoms with Crippen molar-refractivity contribution in [3.8, 4) is 11.5 Å².